The van der Waals surface area contributed by atoms with E-state index in [0.717, 1.165) is 8.79 Å². The van der Waals surface area contributed by atoms with Crippen LogP contribution in [0.15, 0.2) is 34.4 Å². The minimum atomic E-state index is -0.274. The highest BCUT2D eigenvalue weighted by atomic mass is 79.9. The van der Waals surface area contributed by atoms with Crippen molar-refractivity contribution >= 4 is 38.2 Å². The molecule has 0 spiro atoms. The number of carbonyl (C=O) groups excluding carboxylic acids is 1. The number of thiophene rings is 1. The van der Waals surface area contributed by atoms with Crippen LogP contribution in [0.3, 0.4) is 0 Å². The van der Waals surface area contributed by atoms with Crippen molar-refractivity contribution in [1.82, 2.24) is 4.98 Å². The minimum absolute atomic E-state index is 0.274. The number of hydrogen-bond donors (Lipinski definition) is 1. The Bertz CT molecular complexity index is 603. The van der Waals surface area contributed by atoms with Crippen molar-refractivity contribution in [1.29, 1.82) is 5.26 Å². The van der Waals surface area contributed by atoms with Crippen molar-refractivity contribution in [2.24, 2.45) is 0 Å². The second-order valence-corrected chi connectivity index (χ2v) is 5.59. The molecule has 0 aromatic carbocycles. The van der Waals surface area contributed by atoms with Gasteiger partial charge in [-0.05, 0) is 34.1 Å². The molecule has 2 aromatic rings. The molecular weight excluding hydrogens is 302 g/mol. The van der Waals surface area contributed by atoms with Crippen LogP contribution in [0, 0.1) is 11.3 Å². The second kappa shape index (κ2) is 5.08. The summed E-state index contributed by atoms with van der Waals surface area (Å²) in [5, 5.41) is 12.2. The van der Waals surface area contributed by atoms with Gasteiger partial charge >= 0.3 is 0 Å². The summed E-state index contributed by atoms with van der Waals surface area (Å²) in [5.74, 6) is -0.274. The smallest absolute Gasteiger partial charge is 0.257 e. The van der Waals surface area contributed by atoms with Crippen molar-refractivity contribution in [3.8, 4) is 6.07 Å². The molecule has 1 N–H and O–H groups in total. The molecule has 0 atom stereocenters. The first kappa shape index (κ1) is 11.8. The summed E-state index contributed by atoms with van der Waals surface area (Å²) in [6.07, 6.45) is 2.84. The summed E-state index contributed by atoms with van der Waals surface area (Å²) in [7, 11) is 0. The number of anilines is 1. The highest BCUT2D eigenvalue weighted by Crippen LogP contribution is 2.26. The van der Waals surface area contributed by atoms with Crippen molar-refractivity contribution < 1.29 is 4.79 Å². The summed E-state index contributed by atoms with van der Waals surface area (Å²) >= 11 is 4.73. The van der Waals surface area contributed by atoms with Crippen molar-refractivity contribution in [3.05, 3.63) is 45.5 Å². The van der Waals surface area contributed by atoms with Gasteiger partial charge in [-0.3, -0.25) is 9.78 Å². The number of nitriles is 1. The van der Waals surface area contributed by atoms with Gasteiger partial charge in [0.2, 0.25) is 0 Å². The number of nitrogens with zero attached hydrogens (tertiary/aromatic N) is 2. The molecule has 0 aliphatic carbocycles. The summed E-state index contributed by atoms with van der Waals surface area (Å²) in [4.78, 5) is 15.7. The molecule has 0 saturated heterocycles. The average molecular weight is 308 g/mol. The number of pyridine rings is 1. The third kappa shape index (κ3) is 2.90. The fourth-order valence-corrected chi connectivity index (χ4v) is 2.47. The first-order chi connectivity index (χ1) is 8.19. The van der Waals surface area contributed by atoms with Crippen molar-refractivity contribution in [3.63, 3.8) is 0 Å². The lowest BCUT2D eigenvalue weighted by molar-refractivity contribution is 0.102. The normalized spacial score (nSPS) is 9.65. The largest absolute Gasteiger partial charge is 0.313 e. The van der Waals surface area contributed by atoms with E-state index in [2.05, 4.69) is 26.2 Å². The SMILES string of the molecule is N#Cc1cncc(C(=O)Nc2ccc(Br)s2)c1. The molecule has 2 aromatic heterocycles. The lowest BCUT2D eigenvalue weighted by atomic mass is 10.2. The van der Waals surface area contributed by atoms with Crippen LogP contribution in [0.2, 0.25) is 0 Å². The number of halogens is 1. The van der Waals surface area contributed by atoms with Crippen molar-refractivity contribution in [2.45, 2.75) is 0 Å². The van der Waals surface area contributed by atoms with E-state index in [-0.39, 0.29) is 5.91 Å². The van der Waals surface area contributed by atoms with E-state index in [1.807, 2.05) is 12.1 Å². The Balaban J connectivity index is 2.17. The first-order valence-corrected chi connectivity index (χ1v) is 6.22. The van der Waals surface area contributed by atoms with Gasteiger partial charge in [0, 0.05) is 12.4 Å². The number of carbonyl (C=O) groups is 1. The van der Waals surface area contributed by atoms with Crippen molar-refractivity contribution in [2.75, 3.05) is 5.32 Å². The van der Waals surface area contributed by atoms with Gasteiger partial charge in [-0.25, -0.2) is 0 Å². The lowest BCUT2D eigenvalue weighted by Gasteiger charge is -2.01. The van der Waals surface area contributed by atoms with Gasteiger partial charge in [0.15, 0.2) is 0 Å². The lowest BCUT2D eigenvalue weighted by Crippen LogP contribution is -2.11. The molecule has 0 saturated carbocycles. The van der Waals surface area contributed by atoms with Gasteiger partial charge in [-0.2, -0.15) is 5.26 Å². The minimum Gasteiger partial charge on any atom is -0.313 e. The molecular formula is C11H6BrN3OS. The highest BCUT2D eigenvalue weighted by Gasteiger charge is 2.08. The molecule has 0 unspecified atom stereocenters. The molecule has 0 fully saturated rings. The van der Waals surface area contributed by atoms with Crippen LogP contribution in [0.1, 0.15) is 15.9 Å². The van der Waals surface area contributed by atoms with E-state index in [0.29, 0.717) is 11.1 Å². The number of hydrogen-bond acceptors (Lipinski definition) is 4. The predicted octanol–water partition coefficient (Wildman–Crippen LogP) is 3.03. The Hall–Kier alpha value is -1.71. The molecule has 0 aliphatic heterocycles. The van der Waals surface area contributed by atoms with E-state index in [4.69, 9.17) is 5.26 Å². The molecule has 6 heteroatoms. The summed E-state index contributed by atoms with van der Waals surface area (Å²) in [5.41, 5.74) is 0.735. The maximum Gasteiger partial charge on any atom is 0.257 e. The Morgan fingerprint density at radius 1 is 1.47 bits per heavy atom. The van der Waals surface area contributed by atoms with Crippen LogP contribution in [0.4, 0.5) is 5.00 Å². The summed E-state index contributed by atoms with van der Waals surface area (Å²) < 4.78 is 0.941. The molecule has 0 aliphatic rings. The van der Waals surface area contributed by atoms with Gasteiger partial charge in [0.05, 0.1) is 19.9 Å². The van der Waals surface area contributed by atoms with Crippen LogP contribution in [0.25, 0.3) is 0 Å². The van der Waals surface area contributed by atoms with E-state index < -0.39 is 0 Å². The molecule has 17 heavy (non-hydrogen) atoms. The van der Waals surface area contributed by atoms with E-state index in [1.54, 1.807) is 6.07 Å². The van der Waals surface area contributed by atoms with E-state index >= 15 is 0 Å². The molecule has 84 valence electrons. The van der Waals surface area contributed by atoms with Gasteiger partial charge in [-0.1, -0.05) is 0 Å². The second-order valence-electron chi connectivity index (χ2n) is 3.13. The monoisotopic (exact) mass is 307 g/mol. The van der Waals surface area contributed by atoms with E-state index in [9.17, 15) is 4.79 Å². The van der Waals surface area contributed by atoms with E-state index in [1.165, 1.54) is 29.8 Å². The van der Waals surface area contributed by atoms with Gasteiger partial charge in [0.25, 0.3) is 5.91 Å². The molecule has 4 nitrogen and oxygen atoms in total. The molecule has 2 heterocycles. The quantitative estimate of drug-likeness (QED) is 0.927. The Morgan fingerprint density at radius 2 is 2.29 bits per heavy atom. The topological polar surface area (TPSA) is 65.8 Å². The molecule has 0 radical (unpaired) electrons. The van der Waals surface area contributed by atoms with Gasteiger partial charge < -0.3 is 5.32 Å². The highest BCUT2D eigenvalue weighted by molar-refractivity contribution is 9.11. The fourth-order valence-electron chi connectivity index (χ4n) is 1.19. The molecule has 2 rings (SSSR count). The third-order valence-electron chi connectivity index (χ3n) is 1.94. The molecule has 0 bridgehead atoms. The maximum atomic E-state index is 11.8. The number of aromatic nitrogens is 1. The fraction of sp³-hybridized carbons (Fsp3) is 0. The van der Waals surface area contributed by atoms with Crippen LogP contribution < -0.4 is 5.32 Å². The first-order valence-electron chi connectivity index (χ1n) is 4.61. The Kier molecular flexibility index (Phi) is 3.52. The van der Waals surface area contributed by atoms with Crippen LogP contribution in [-0.4, -0.2) is 10.9 Å². The predicted molar refractivity (Wildman–Crippen MR) is 68.9 cm³/mol. The standard InChI is InChI=1S/C11H6BrN3OS/c12-9-1-2-10(17-9)15-11(16)8-3-7(4-13)5-14-6-8/h1-3,5-6H,(H,15,16). The zero-order valence-electron chi connectivity index (χ0n) is 8.48. The van der Waals surface area contributed by atoms with Crippen LogP contribution in [0.5, 0.6) is 0 Å². The molecule has 1 amide bonds. The Labute approximate surface area is 110 Å². The summed E-state index contributed by atoms with van der Waals surface area (Å²) in [6, 6.07) is 7.10. The summed E-state index contributed by atoms with van der Waals surface area (Å²) in [6.45, 7) is 0. The van der Waals surface area contributed by atoms with Crippen LogP contribution >= 0.6 is 27.3 Å². The number of nitrogens with one attached hydrogen (secondary N) is 1. The van der Waals surface area contributed by atoms with Gasteiger partial charge in [-0.15, -0.1) is 11.3 Å². The van der Waals surface area contributed by atoms with Gasteiger partial charge in [0.1, 0.15) is 6.07 Å². The Morgan fingerprint density at radius 3 is 2.94 bits per heavy atom. The number of amides is 1. The zero-order valence-corrected chi connectivity index (χ0v) is 10.9. The third-order valence-corrected chi connectivity index (χ3v) is 3.48. The average Bonchev–Trinajstić information content (AvgIpc) is 2.75. The van der Waals surface area contributed by atoms with Crippen LogP contribution in [-0.2, 0) is 0 Å². The maximum absolute atomic E-state index is 11.8. The zero-order chi connectivity index (χ0) is 12.3. The number of rotatable bonds is 2.